The van der Waals surface area contributed by atoms with Gasteiger partial charge in [0.15, 0.2) is 0 Å². The fraction of sp³-hybridized carbons (Fsp3) is 0.417. The van der Waals surface area contributed by atoms with Crippen LogP contribution in [-0.2, 0) is 4.74 Å². The van der Waals surface area contributed by atoms with Crippen LogP contribution in [0.1, 0.15) is 16.8 Å². The normalized spacial score (nSPS) is 20.1. The molecule has 0 spiro atoms. The maximum atomic E-state index is 12.0. The minimum absolute atomic E-state index is 0.0551. The van der Waals surface area contributed by atoms with E-state index in [4.69, 9.17) is 10.5 Å². The summed E-state index contributed by atoms with van der Waals surface area (Å²) < 4.78 is 5.23. The van der Waals surface area contributed by atoms with Gasteiger partial charge in [-0.25, -0.2) is 0 Å². The number of benzene rings is 1. The minimum Gasteiger partial charge on any atom is -0.399 e. The molecule has 1 heterocycles. The van der Waals surface area contributed by atoms with Gasteiger partial charge in [-0.2, -0.15) is 0 Å². The topological polar surface area (TPSA) is 55.6 Å². The Kier molecular flexibility index (Phi) is 3.10. The van der Waals surface area contributed by atoms with Crippen LogP contribution in [0.15, 0.2) is 24.3 Å². The predicted octanol–water partition coefficient (Wildman–Crippen LogP) is 1.13. The fourth-order valence-electron chi connectivity index (χ4n) is 1.91. The second kappa shape index (κ2) is 4.53. The van der Waals surface area contributed by atoms with Crippen LogP contribution in [-0.4, -0.2) is 37.1 Å². The van der Waals surface area contributed by atoms with Crippen molar-refractivity contribution in [3.05, 3.63) is 29.8 Å². The van der Waals surface area contributed by atoms with Gasteiger partial charge in [0.25, 0.3) is 5.91 Å². The number of carbonyl (C=O) groups is 1. The number of nitrogens with two attached hydrogens (primary N) is 1. The summed E-state index contributed by atoms with van der Waals surface area (Å²) in [7, 11) is 1.68. The Labute approximate surface area is 95.0 Å². The number of hydrogen-bond donors (Lipinski definition) is 1. The third-order valence-corrected chi connectivity index (χ3v) is 2.92. The third-order valence-electron chi connectivity index (χ3n) is 2.92. The molecule has 1 aliphatic heterocycles. The van der Waals surface area contributed by atoms with Gasteiger partial charge >= 0.3 is 0 Å². The first-order valence-corrected chi connectivity index (χ1v) is 5.38. The summed E-state index contributed by atoms with van der Waals surface area (Å²) in [4.78, 5) is 13.9. The first-order chi connectivity index (χ1) is 7.70. The van der Waals surface area contributed by atoms with E-state index in [9.17, 15) is 4.79 Å². The minimum atomic E-state index is 0.0551. The average Bonchev–Trinajstić information content (AvgIpc) is 2.77. The molecule has 1 aromatic rings. The zero-order valence-electron chi connectivity index (χ0n) is 9.35. The Hall–Kier alpha value is -1.55. The van der Waals surface area contributed by atoms with Crippen molar-refractivity contribution in [1.29, 1.82) is 0 Å². The van der Waals surface area contributed by atoms with Gasteiger partial charge in [-0.15, -0.1) is 0 Å². The van der Waals surface area contributed by atoms with Crippen molar-refractivity contribution in [2.75, 3.05) is 25.9 Å². The van der Waals surface area contributed by atoms with Gasteiger partial charge in [-0.05, 0) is 30.7 Å². The maximum absolute atomic E-state index is 12.0. The van der Waals surface area contributed by atoms with Crippen LogP contribution in [0.3, 0.4) is 0 Å². The van der Waals surface area contributed by atoms with Crippen molar-refractivity contribution in [2.45, 2.75) is 12.5 Å². The number of amides is 1. The monoisotopic (exact) mass is 220 g/mol. The molecule has 86 valence electrons. The van der Waals surface area contributed by atoms with Crippen molar-refractivity contribution in [3.8, 4) is 0 Å². The van der Waals surface area contributed by atoms with Crippen molar-refractivity contribution >= 4 is 11.6 Å². The highest BCUT2D eigenvalue weighted by molar-refractivity contribution is 5.94. The highest BCUT2D eigenvalue weighted by atomic mass is 16.5. The van der Waals surface area contributed by atoms with Gasteiger partial charge in [-0.1, -0.05) is 0 Å². The van der Waals surface area contributed by atoms with Gasteiger partial charge in [0, 0.05) is 31.5 Å². The summed E-state index contributed by atoms with van der Waals surface area (Å²) >= 11 is 0. The van der Waals surface area contributed by atoms with Crippen molar-refractivity contribution in [1.82, 2.24) is 4.90 Å². The number of likely N-dealkylation sites (tertiary alicyclic amines) is 1. The number of nitrogens with zero attached hydrogens (tertiary/aromatic N) is 1. The van der Waals surface area contributed by atoms with E-state index in [-0.39, 0.29) is 12.0 Å². The smallest absolute Gasteiger partial charge is 0.253 e. The average molecular weight is 220 g/mol. The standard InChI is InChI=1S/C12H16N2O2/c1-16-11-6-7-14(8-11)12(15)9-2-4-10(13)5-3-9/h2-5,11H,6-8,13H2,1H3/t11-/m1/s1. The molecule has 1 saturated heterocycles. The van der Waals surface area contributed by atoms with Gasteiger partial charge in [-0.3, -0.25) is 4.79 Å². The van der Waals surface area contributed by atoms with Crippen LogP contribution in [0, 0.1) is 0 Å². The zero-order valence-corrected chi connectivity index (χ0v) is 9.35. The number of hydrogen-bond acceptors (Lipinski definition) is 3. The molecule has 1 aromatic carbocycles. The van der Waals surface area contributed by atoms with Gasteiger partial charge in [0.05, 0.1) is 6.10 Å². The molecular formula is C12H16N2O2. The van der Waals surface area contributed by atoms with Crippen molar-refractivity contribution in [3.63, 3.8) is 0 Å². The lowest BCUT2D eigenvalue weighted by molar-refractivity contribution is 0.0724. The quantitative estimate of drug-likeness (QED) is 0.760. The number of rotatable bonds is 2. The van der Waals surface area contributed by atoms with Gasteiger partial charge < -0.3 is 15.4 Å². The second-order valence-corrected chi connectivity index (χ2v) is 4.02. The van der Waals surface area contributed by atoms with Gasteiger partial charge in [0.1, 0.15) is 0 Å². The summed E-state index contributed by atoms with van der Waals surface area (Å²) in [6.45, 7) is 1.45. The summed E-state index contributed by atoms with van der Waals surface area (Å²) in [5.41, 5.74) is 6.94. The lowest BCUT2D eigenvalue weighted by Gasteiger charge is -2.16. The summed E-state index contributed by atoms with van der Waals surface area (Å²) in [5, 5.41) is 0. The van der Waals surface area contributed by atoms with Crippen molar-refractivity contribution in [2.24, 2.45) is 0 Å². The summed E-state index contributed by atoms with van der Waals surface area (Å²) in [6, 6.07) is 7.02. The fourth-order valence-corrected chi connectivity index (χ4v) is 1.91. The van der Waals surface area contributed by atoms with Crippen LogP contribution in [0.2, 0.25) is 0 Å². The van der Waals surface area contributed by atoms with Crippen molar-refractivity contribution < 1.29 is 9.53 Å². The van der Waals surface area contributed by atoms with E-state index in [0.29, 0.717) is 17.8 Å². The number of nitrogen functional groups attached to an aromatic ring is 1. The van der Waals surface area contributed by atoms with E-state index >= 15 is 0 Å². The lowest BCUT2D eigenvalue weighted by Crippen LogP contribution is -2.29. The predicted molar refractivity (Wildman–Crippen MR) is 62.2 cm³/mol. The Morgan fingerprint density at radius 3 is 2.69 bits per heavy atom. The molecule has 4 heteroatoms. The molecule has 4 nitrogen and oxygen atoms in total. The first-order valence-electron chi connectivity index (χ1n) is 5.38. The number of ether oxygens (including phenoxy) is 1. The van der Waals surface area contributed by atoms with E-state index in [1.807, 2.05) is 4.90 Å². The highest BCUT2D eigenvalue weighted by Crippen LogP contribution is 2.16. The lowest BCUT2D eigenvalue weighted by atomic mass is 10.2. The van der Waals surface area contributed by atoms with E-state index < -0.39 is 0 Å². The molecule has 0 unspecified atom stereocenters. The molecule has 1 amide bonds. The molecule has 0 saturated carbocycles. The molecule has 0 radical (unpaired) electrons. The van der Waals surface area contributed by atoms with Crippen LogP contribution >= 0.6 is 0 Å². The Bertz CT molecular complexity index is 375. The number of methoxy groups -OCH3 is 1. The maximum Gasteiger partial charge on any atom is 0.253 e. The van der Waals surface area contributed by atoms with E-state index in [2.05, 4.69) is 0 Å². The molecular weight excluding hydrogens is 204 g/mol. The van der Waals surface area contributed by atoms with Crippen LogP contribution in [0.25, 0.3) is 0 Å². The Morgan fingerprint density at radius 2 is 2.12 bits per heavy atom. The summed E-state index contributed by atoms with van der Waals surface area (Å²) in [5.74, 6) is 0.0551. The Balaban J connectivity index is 2.05. The molecule has 0 aliphatic carbocycles. The first kappa shape index (κ1) is 11.0. The molecule has 1 atom stereocenters. The molecule has 1 fully saturated rings. The Morgan fingerprint density at radius 1 is 1.44 bits per heavy atom. The van der Waals surface area contributed by atoms with Crippen LogP contribution in [0.4, 0.5) is 5.69 Å². The highest BCUT2D eigenvalue weighted by Gasteiger charge is 2.26. The van der Waals surface area contributed by atoms with Crippen LogP contribution < -0.4 is 5.73 Å². The summed E-state index contributed by atoms with van der Waals surface area (Å²) in [6.07, 6.45) is 1.09. The zero-order chi connectivity index (χ0) is 11.5. The molecule has 16 heavy (non-hydrogen) atoms. The molecule has 1 aliphatic rings. The van der Waals surface area contributed by atoms with E-state index in [1.165, 1.54) is 0 Å². The number of anilines is 1. The van der Waals surface area contributed by atoms with Crippen LogP contribution in [0.5, 0.6) is 0 Å². The third kappa shape index (κ3) is 2.17. The molecule has 2 N–H and O–H groups in total. The molecule has 0 bridgehead atoms. The number of carbonyl (C=O) groups excluding carboxylic acids is 1. The largest absolute Gasteiger partial charge is 0.399 e. The molecule has 0 aromatic heterocycles. The SMILES string of the molecule is CO[C@@H]1CCN(C(=O)c2ccc(N)cc2)C1. The van der Waals surface area contributed by atoms with E-state index in [0.717, 1.165) is 13.0 Å². The van der Waals surface area contributed by atoms with E-state index in [1.54, 1.807) is 31.4 Å². The molecule has 2 rings (SSSR count). The van der Waals surface area contributed by atoms with Gasteiger partial charge in [0.2, 0.25) is 0 Å². The second-order valence-electron chi connectivity index (χ2n) is 4.02.